The molecule has 4 nitrogen and oxygen atoms in total. The van der Waals surface area contributed by atoms with Gasteiger partial charge in [-0.05, 0) is 30.7 Å². The lowest BCUT2D eigenvalue weighted by atomic mass is 10.1. The average molecular weight is 228 g/mol. The standard InChI is InChI=1S/C12H9FN4/c1-7-6-16-12(15)17-11(7)9-2-8(5-14)3-10(13)4-9/h2-4,6H,1H3,(H2,15,16,17). The second-order valence-corrected chi connectivity index (χ2v) is 3.60. The van der Waals surface area contributed by atoms with Crippen molar-refractivity contribution in [3.63, 3.8) is 0 Å². The maximum Gasteiger partial charge on any atom is 0.220 e. The van der Waals surface area contributed by atoms with Gasteiger partial charge in [-0.15, -0.1) is 0 Å². The molecule has 17 heavy (non-hydrogen) atoms. The number of anilines is 1. The zero-order chi connectivity index (χ0) is 12.4. The van der Waals surface area contributed by atoms with Gasteiger partial charge in [0.25, 0.3) is 0 Å². The van der Waals surface area contributed by atoms with E-state index in [4.69, 9.17) is 11.0 Å². The van der Waals surface area contributed by atoms with E-state index in [-0.39, 0.29) is 11.5 Å². The van der Waals surface area contributed by atoms with Crippen LogP contribution in [0.25, 0.3) is 11.3 Å². The predicted octanol–water partition coefficient (Wildman–Crippen LogP) is 2.04. The molecule has 0 aliphatic carbocycles. The first kappa shape index (κ1) is 11.0. The van der Waals surface area contributed by atoms with Crippen molar-refractivity contribution in [2.24, 2.45) is 0 Å². The molecule has 0 bridgehead atoms. The van der Waals surface area contributed by atoms with Gasteiger partial charge in [-0.3, -0.25) is 0 Å². The van der Waals surface area contributed by atoms with Crippen LogP contribution in [-0.4, -0.2) is 9.97 Å². The van der Waals surface area contributed by atoms with Crippen LogP contribution in [0.4, 0.5) is 10.3 Å². The first-order valence-electron chi connectivity index (χ1n) is 4.90. The average Bonchev–Trinajstić information content (AvgIpc) is 2.31. The molecule has 0 aliphatic heterocycles. The molecule has 2 N–H and O–H groups in total. The van der Waals surface area contributed by atoms with Crippen molar-refractivity contribution in [2.75, 3.05) is 5.73 Å². The second-order valence-electron chi connectivity index (χ2n) is 3.60. The zero-order valence-electron chi connectivity index (χ0n) is 9.11. The minimum atomic E-state index is -0.476. The van der Waals surface area contributed by atoms with E-state index in [1.807, 2.05) is 6.07 Å². The summed E-state index contributed by atoms with van der Waals surface area (Å²) < 4.78 is 13.3. The highest BCUT2D eigenvalue weighted by Crippen LogP contribution is 2.23. The van der Waals surface area contributed by atoms with Gasteiger partial charge in [-0.25, -0.2) is 14.4 Å². The van der Waals surface area contributed by atoms with E-state index in [1.165, 1.54) is 12.1 Å². The van der Waals surface area contributed by atoms with Crippen molar-refractivity contribution in [1.82, 2.24) is 9.97 Å². The monoisotopic (exact) mass is 228 g/mol. The highest BCUT2D eigenvalue weighted by molar-refractivity contribution is 5.65. The number of hydrogen-bond donors (Lipinski definition) is 1. The van der Waals surface area contributed by atoms with Crippen LogP contribution >= 0.6 is 0 Å². The van der Waals surface area contributed by atoms with Crippen LogP contribution in [0, 0.1) is 24.1 Å². The molecule has 2 rings (SSSR count). The van der Waals surface area contributed by atoms with Gasteiger partial charge in [0.2, 0.25) is 5.95 Å². The lowest BCUT2D eigenvalue weighted by molar-refractivity contribution is 0.628. The normalized spacial score (nSPS) is 9.94. The zero-order valence-corrected chi connectivity index (χ0v) is 9.11. The molecule has 0 unspecified atom stereocenters. The van der Waals surface area contributed by atoms with E-state index in [0.717, 1.165) is 5.56 Å². The van der Waals surface area contributed by atoms with Crippen molar-refractivity contribution in [3.8, 4) is 17.3 Å². The van der Waals surface area contributed by atoms with E-state index in [9.17, 15) is 4.39 Å². The molecule has 0 amide bonds. The van der Waals surface area contributed by atoms with E-state index >= 15 is 0 Å². The van der Waals surface area contributed by atoms with Crippen molar-refractivity contribution in [2.45, 2.75) is 6.92 Å². The maximum absolute atomic E-state index is 13.3. The van der Waals surface area contributed by atoms with Gasteiger partial charge in [0.05, 0.1) is 17.3 Å². The van der Waals surface area contributed by atoms with E-state index < -0.39 is 5.82 Å². The Morgan fingerprint density at radius 2 is 2.12 bits per heavy atom. The van der Waals surface area contributed by atoms with Crippen LogP contribution in [0.2, 0.25) is 0 Å². The Hall–Kier alpha value is -2.48. The number of halogens is 1. The summed E-state index contributed by atoms with van der Waals surface area (Å²) in [5.74, 6) is -0.357. The third-order valence-corrected chi connectivity index (χ3v) is 2.29. The molecule has 0 spiro atoms. The fourth-order valence-corrected chi connectivity index (χ4v) is 1.54. The summed E-state index contributed by atoms with van der Waals surface area (Å²) in [6, 6.07) is 5.95. The van der Waals surface area contributed by atoms with Crippen molar-refractivity contribution < 1.29 is 4.39 Å². The van der Waals surface area contributed by atoms with E-state index in [2.05, 4.69) is 9.97 Å². The number of rotatable bonds is 1. The Morgan fingerprint density at radius 1 is 1.35 bits per heavy atom. The lowest BCUT2D eigenvalue weighted by Crippen LogP contribution is -1.98. The van der Waals surface area contributed by atoms with Crippen LogP contribution in [0.3, 0.4) is 0 Å². The number of nitrogen functional groups attached to an aromatic ring is 1. The highest BCUT2D eigenvalue weighted by Gasteiger charge is 2.08. The molecule has 0 fully saturated rings. The van der Waals surface area contributed by atoms with Crippen LogP contribution in [0.1, 0.15) is 11.1 Å². The number of hydrogen-bond acceptors (Lipinski definition) is 4. The van der Waals surface area contributed by atoms with Crippen molar-refractivity contribution in [3.05, 3.63) is 41.3 Å². The third-order valence-electron chi connectivity index (χ3n) is 2.29. The Morgan fingerprint density at radius 3 is 2.82 bits per heavy atom. The Bertz CT molecular complexity index is 616. The predicted molar refractivity (Wildman–Crippen MR) is 61.3 cm³/mol. The summed E-state index contributed by atoms with van der Waals surface area (Å²) in [6.07, 6.45) is 1.56. The Kier molecular flexibility index (Phi) is 2.71. The Balaban J connectivity index is 2.64. The first-order chi connectivity index (χ1) is 8.10. The second kappa shape index (κ2) is 4.18. The summed E-state index contributed by atoms with van der Waals surface area (Å²) in [7, 11) is 0. The molecule has 0 saturated carbocycles. The van der Waals surface area contributed by atoms with Crippen LogP contribution < -0.4 is 5.73 Å². The number of aryl methyl sites for hydroxylation is 1. The minimum Gasteiger partial charge on any atom is -0.368 e. The van der Waals surface area contributed by atoms with E-state index in [1.54, 1.807) is 19.2 Å². The topological polar surface area (TPSA) is 75.6 Å². The number of aromatic nitrogens is 2. The Labute approximate surface area is 97.6 Å². The van der Waals surface area contributed by atoms with Crippen LogP contribution in [0.15, 0.2) is 24.4 Å². The summed E-state index contributed by atoms with van der Waals surface area (Å²) in [4.78, 5) is 7.89. The molecular formula is C12H9FN4. The van der Waals surface area contributed by atoms with Crippen LogP contribution in [0.5, 0.6) is 0 Å². The number of nitriles is 1. The van der Waals surface area contributed by atoms with E-state index in [0.29, 0.717) is 11.3 Å². The van der Waals surface area contributed by atoms with Gasteiger partial charge in [-0.1, -0.05) is 0 Å². The maximum atomic E-state index is 13.3. The quantitative estimate of drug-likeness (QED) is 0.810. The molecule has 0 saturated heterocycles. The lowest BCUT2D eigenvalue weighted by Gasteiger charge is -2.06. The van der Waals surface area contributed by atoms with Gasteiger partial charge in [-0.2, -0.15) is 5.26 Å². The molecule has 0 atom stereocenters. The number of nitrogens with two attached hydrogens (primary N) is 1. The molecule has 5 heteroatoms. The smallest absolute Gasteiger partial charge is 0.220 e. The van der Waals surface area contributed by atoms with Crippen LogP contribution in [-0.2, 0) is 0 Å². The van der Waals surface area contributed by atoms with Gasteiger partial charge in [0.1, 0.15) is 5.82 Å². The molecular weight excluding hydrogens is 219 g/mol. The summed E-state index contributed by atoms with van der Waals surface area (Å²) in [6.45, 7) is 1.80. The number of benzene rings is 1. The molecule has 2 aromatic rings. The number of nitrogens with zero attached hydrogens (tertiary/aromatic N) is 3. The first-order valence-corrected chi connectivity index (χ1v) is 4.90. The largest absolute Gasteiger partial charge is 0.368 e. The molecule has 0 aliphatic rings. The summed E-state index contributed by atoms with van der Waals surface area (Å²) >= 11 is 0. The minimum absolute atomic E-state index is 0.119. The SMILES string of the molecule is Cc1cnc(N)nc1-c1cc(F)cc(C#N)c1. The molecule has 0 radical (unpaired) electrons. The molecule has 1 aromatic carbocycles. The molecule has 1 heterocycles. The fourth-order valence-electron chi connectivity index (χ4n) is 1.54. The summed E-state index contributed by atoms with van der Waals surface area (Å²) in [5.41, 5.74) is 7.57. The molecule has 1 aromatic heterocycles. The van der Waals surface area contributed by atoms with Gasteiger partial charge < -0.3 is 5.73 Å². The van der Waals surface area contributed by atoms with Gasteiger partial charge >= 0.3 is 0 Å². The highest BCUT2D eigenvalue weighted by atomic mass is 19.1. The molecule has 84 valence electrons. The van der Waals surface area contributed by atoms with Crippen molar-refractivity contribution in [1.29, 1.82) is 5.26 Å². The van der Waals surface area contributed by atoms with Gasteiger partial charge in [0.15, 0.2) is 0 Å². The van der Waals surface area contributed by atoms with Gasteiger partial charge in [0, 0.05) is 11.8 Å². The van der Waals surface area contributed by atoms with Crippen molar-refractivity contribution >= 4 is 5.95 Å². The summed E-state index contributed by atoms with van der Waals surface area (Å²) in [5, 5.41) is 8.78. The fraction of sp³-hybridized carbons (Fsp3) is 0.0833. The third kappa shape index (κ3) is 2.21.